The van der Waals surface area contributed by atoms with Crippen LogP contribution in [-0.2, 0) is 4.79 Å². The monoisotopic (exact) mass is 226 g/mol. The second kappa shape index (κ2) is 4.72. The van der Waals surface area contributed by atoms with Gasteiger partial charge in [-0.1, -0.05) is 13.3 Å². The molecule has 0 radical (unpaired) electrons. The number of carboxylic acid groups (broad SMARTS) is 1. The number of carboxylic acids is 1. The van der Waals surface area contributed by atoms with Gasteiger partial charge in [0, 0.05) is 25.7 Å². The van der Waals surface area contributed by atoms with Crippen molar-refractivity contribution in [1.29, 1.82) is 0 Å². The Bertz CT molecular complexity index is 270. The molecule has 0 spiro atoms. The zero-order chi connectivity index (χ0) is 11.7. The quantitative estimate of drug-likeness (QED) is 0.746. The molecule has 1 saturated carbocycles. The Balaban J connectivity index is 1.89. The number of likely N-dealkylation sites (tertiary alicyclic amines) is 1. The Morgan fingerprint density at radius 3 is 2.88 bits per heavy atom. The molecule has 1 aliphatic heterocycles. The van der Waals surface area contributed by atoms with Crippen LogP contribution in [0.2, 0.25) is 0 Å². The van der Waals surface area contributed by atoms with Gasteiger partial charge in [-0.2, -0.15) is 0 Å². The molecule has 0 bridgehead atoms. The van der Waals surface area contributed by atoms with Crippen LogP contribution in [-0.4, -0.2) is 41.7 Å². The van der Waals surface area contributed by atoms with Crippen LogP contribution in [0.4, 0.5) is 0 Å². The minimum atomic E-state index is -0.695. The van der Waals surface area contributed by atoms with E-state index in [0.29, 0.717) is 24.4 Å². The third-order valence-electron chi connectivity index (χ3n) is 4.18. The Labute approximate surface area is 96.8 Å². The van der Waals surface area contributed by atoms with Gasteiger partial charge in [0.25, 0.3) is 0 Å². The third-order valence-corrected chi connectivity index (χ3v) is 4.18. The van der Waals surface area contributed by atoms with Crippen molar-refractivity contribution in [3.05, 3.63) is 0 Å². The highest BCUT2D eigenvalue weighted by Crippen LogP contribution is 2.35. The van der Waals surface area contributed by atoms with Gasteiger partial charge in [-0.25, -0.2) is 0 Å². The number of hydrogen-bond donors (Lipinski definition) is 2. The van der Waals surface area contributed by atoms with Crippen molar-refractivity contribution < 1.29 is 9.90 Å². The molecule has 2 aliphatic rings. The van der Waals surface area contributed by atoms with Gasteiger partial charge >= 0.3 is 5.97 Å². The smallest absolute Gasteiger partial charge is 0.307 e. The van der Waals surface area contributed by atoms with Crippen molar-refractivity contribution >= 4 is 5.97 Å². The van der Waals surface area contributed by atoms with Crippen LogP contribution in [0.3, 0.4) is 0 Å². The number of nitrogens with two attached hydrogens (primary N) is 1. The zero-order valence-corrected chi connectivity index (χ0v) is 9.93. The molecule has 4 nitrogen and oxygen atoms in total. The number of rotatable bonds is 3. The van der Waals surface area contributed by atoms with Gasteiger partial charge < -0.3 is 15.7 Å². The van der Waals surface area contributed by atoms with Crippen molar-refractivity contribution in [1.82, 2.24) is 4.90 Å². The highest BCUT2D eigenvalue weighted by atomic mass is 16.4. The van der Waals surface area contributed by atoms with E-state index in [-0.39, 0.29) is 5.92 Å². The lowest BCUT2D eigenvalue weighted by Gasteiger charge is -2.29. The fourth-order valence-electron chi connectivity index (χ4n) is 3.22. The van der Waals surface area contributed by atoms with Crippen molar-refractivity contribution in [2.75, 3.05) is 19.6 Å². The van der Waals surface area contributed by atoms with E-state index in [4.69, 9.17) is 10.8 Å². The van der Waals surface area contributed by atoms with E-state index in [1.165, 1.54) is 12.8 Å². The summed E-state index contributed by atoms with van der Waals surface area (Å²) in [6.07, 6.45) is 3.66. The van der Waals surface area contributed by atoms with Crippen molar-refractivity contribution in [3.63, 3.8) is 0 Å². The number of carbonyl (C=O) groups is 1. The summed E-state index contributed by atoms with van der Waals surface area (Å²) in [7, 11) is 0. The average Bonchev–Trinajstić information content (AvgIpc) is 2.61. The lowest BCUT2D eigenvalue weighted by Crippen LogP contribution is -2.38. The van der Waals surface area contributed by atoms with Gasteiger partial charge in [0.1, 0.15) is 0 Å². The van der Waals surface area contributed by atoms with E-state index in [0.717, 1.165) is 19.5 Å². The summed E-state index contributed by atoms with van der Waals surface area (Å²) >= 11 is 0. The number of hydrogen-bond acceptors (Lipinski definition) is 3. The van der Waals surface area contributed by atoms with E-state index in [9.17, 15) is 4.79 Å². The van der Waals surface area contributed by atoms with Crippen LogP contribution in [0.5, 0.6) is 0 Å². The minimum Gasteiger partial charge on any atom is -0.481 e. The van der Waals surface area contributed by atoms with Gasteiger partial charge in [-0.05, 0) is 24.7 Å². The summed E-state index contributed by atoms with van der Waals surface area (Å²) < 4.78 is 0. The molecule has 3 N–H and O–H groups in total. The minimum absolute atomic E-state index is 0.267. The molecule has 4 atom stereocenters. The van der Waals surface area contributed by atoms with Crippen LogP contribution in [0.1, 0.15) is 26.2 Å². The highest BCUT2D eigenvalue weighted by molar-refractivity contribution is 5.69. The average molecular weight is 226 g/mol. The molecule has 4 unspecified atom stereocenters. The standard InChI is InChI=1S/C12H22N2O2/c1-8(12(15)16)5-14-6-9-3-2-4-11(13)10(9)7-14/h8-11H,2-7,13H2,1H3,(H,15,16). The van der Waals surface area contributed by atoms with Crippen LogP contribution < -0.4 is 5.73 Å². The van der Waals surface area contributed by atoms with Crippen LogP contribution in [0, 0.1) is 17.8 Å². The molecule has 2 fully saturated rings. The molecule has 16 heavy (non-hydrogen) atoms. The SMILES string of the molecule is CC(CN1CC2CCCC(N)C2C1)C(=O)O. The fourth-order valence-corrected chi connectivity index (χ4v) is 3.22. The zero-order valence-electron chi connectivity index (χ0n) is 9.93. The summed E-state index contributed by atoms with van der Waals surface area (Å²) in [6.45, 7) is 4.51. The summed E-state index contributed by atoms with van der Waals surface area (Å²) in [4.78, 5) is 13.1. The molecule has 0 aromatic rings. The number of aliphatic carboxylic acids is 1. The van der Waals surface area contributed by atoms with E-state index < -0.39 is 5.97 Å². The Hall–Kier alpha value is -0.610. The summed E-state index contributed by atoms with van der Waals surface area (Å²) in [5.41, 5.74) is 6.13. The molecule has 1 heterocycles. The van der Waals surface area contributed by atoms with Crippen LogP contribution in [0.25, 0.3) is 0 Å². The van der Waals surface area contributed by atoms with E-state index in [2.05, 4.69) is 4.90 Å². The summed E-state index contributed by atoms with van der Waals surface area (Å²) in [6, 6.07) is 0.337. The molecule has 0 aromatic heterocycles. The predicted molar refractivity (Wildman–Crippen MR) is 62.0 cm³/mol. The molecule has 1 saturated heterocycles. The second-order valence-corrected chi connectivity index (χ2v) is 5.48. The van der Waals surface area contributed by atoms with E-state index in [1.54, 1.807) is 6.92 Å². The molecule has 92 valence electrons. The summed E-state index contributed by atoms with van der Waals surface area (Å²) in [5.74, 6) is 0.357. The fraction of sp³-hybridized carbons (Fsp3) is 0.917. The maximum atomic E-state index is 10.8. The second-order valence-electron chi connectivity index (χ2n) is 5.48. The molecule has 0 aromatic carbocycles. The third kappa shape index (κ3) is 2.38. The van der Waals surface area contributed by atoms with Crippen LogP contribution in [0.15, 0.2) is 0 Å². The predicted octanol–water partition coefficient (Wildman–Crippen LogP) is 0.766. The molecular weight excluding hydrogens is 204 g/mol. The molecule has 4 heteroatoms. The Morgan fingerprint density at radius 2 is 2.25 bits per heavy atom. The van der Waals surface area contributed by atoms with Crippen molar-refractivity contribution in [3.8, 4) is 0 Å². The molecular formula is C12H22N2O2. The number of nitrogens with zero attached hydrogens (tertiary/aromatic N) is 1. The molecule has 1 aliphatic carbocycles. The van der Waals surface area contributed by atoms with Crippen LogP contribution >= 0.6 is 0 Å². The molecule has 0 amide bonds. The van der Waals surface area contributed by atoms with Gasteiger partial charge in [0.2, 0.25) is 0 Å². The largest absolute Gasteiger partial charge is 0.481 e. The first-order chi connectivity index (χ1) is 7.58. The van der Waals surface area contributed by atoms with E-state index >= 15 is 0 Å². The van der Waals surface area contributed by atoms with Gasteiger partial charge in [-0.15, -0.1) is 0 Å². The first kappa shape index (κ1) is 11.9. The first-order valence-electron chi connectivity index (χ1n) is 6.28. The maximum Gasteiger partial charge on any atom is 0.307 e. The normalized spacial score (nSPS) is 37.0. The summed E-state index contributed by atoms with van der Waals surface area (Å²) in [5, 5.41) is 8.90. The number of fused-ring (bicyclic) bond motifs is 1. The topological polar surface area (TPSA) is 66.6 Å². The lowest BCUT2D eigenvalue weighted by atomic mass is 9.78. The Kier molecular flexibility index (Phi) is 3.50. The van der Waals surface area contributed by atoms with E-state index in [1.807, 2.05) is 0 Å². The van der Waals surface area contributed by atoms with Crippen molar-refractivity contribution in [2.24, 2.45) is 23.5 Å². The lowest BCUT2D eigenvalue weighted by molar-refractivity contribution is -0.141. The Morgan fingerprint density at radius 1 is 1.50 bits per heavy atom. The highest BCUT2D eigenvalue weighted by Gasteiger charge is 2.39. The maximum absolute atomic E-state index is 10.8. The van der Waals surface area contributed by atoms with Gasteiger partial charge in [-0.3, -0.25) is 4.79 Å². The molecule has 2 rings (SSSR count). The first-order valence-corrected chi connectivity index (χ1v) is 6.28. The van der Waals surface area contributed by atoms with Crippen molar-refractivity contribution in [2.45, 2.75) is 32.2 Å². The van der Waals surface area contributed by atoms with Gasteiger partial charge in [0.15, 0.2) is 0 Å². The van der Waals surface area contributed by atoms with Gasteiger partial charge in [0.05, 0.1) is 5.92 Å².